The number of allylic oxidation sites excluding steroid dienone is 2. The van der Waals surface area contributed by atoms with E-state index in [4.69, 9.17) is 9.15 Å². The molecule has 5 rings (SSSR count). The van der Waals surface area contributed by atoms with E-state index in [1.807, 2.05) is 79.1 Å². The van der Waals surface area contributed by atoms with Crippen LogP contribution in [-0.2, 0) is 4.74 Å². The molecule has 0 saturated carbocycles. The van der Waals surface area contributed by atoms with Gasteiger partial charge in [0.25, 0.3) is 0 Å². The van der Waals surface area contributed by atoms with Gasteiger partial charge >= 0.3 is 11.8 Å². The minimum absolute atomic E-state index is 0.688. The zero-order chi connectivity index (χ0) is 20.5. The Balaban J connectivity index is 1.49. The van der Waals surface area contributed by atoms with Crippen LogP contribution < -0.4 is 9.79 Å². The molecule has 146 valence electrons. The maximum Gasteiger partial charge on any atom is 0.374 e. The average Bonchev–Trinajstić information content (AvgIpc) is 3.38. The lowest BCUT2D eigenvalue weighted by Gasteiger charge is -2.16. The number of hydrogen-bond acceptors (Lipinski definition) is 2. The predicted molar refractivity (Wildman–Crippen MR) is 116 cm³/mol. The number of benzene rings is 2. The first kappa shape index (κ1) is 18.0. The van der Waals surface area contributed by atoms with Crippen LogP contribution >= 0.6 is 0 Å². The molecule has 1 aliphatic carbocycles. The van der Waals surface area contributed by atoms with E-state index in [1.165, 1.54) is 0 Å². The number of nitrogens with zero attached hydrogens (tertiary/aromatic N) is 2. The van der Waals surface area contributed by atoms with Crippen molar-refractivity contribution < 1.29 is 18.0 Å². The predicted octanol–water partition coefficient (Wildman–Crippen LogP) is 4.14. The summed E-state index contributed by atoms with van der Waals surface area (Å²) in [6.45, 7) is 8.21. The normalized spacial score (nSPS) is 17.6. The second-order valence-corrected chi connectivity index (χ2v) is 7.20. The molecule has 4 heteroatoms. The maximum absolute atomic E-state index is 6.16. The quantitative estimate of drug-likeness (QED) is 0.495. The highest BCUT2D eigenvalue weighted by molar-refractivity contribution is 5.66. The fourth-order valence-electron chi connectivity index (χ4n) is 3.61. The van der Waals surface area contributed by atoms with E-state index < -0.39 is 0 Å². The van der Waals surface area contributed by atoms with Gasteiger partial charge < -0.3 is 9.15 Å². The summed E-state index contributed by atoms with van der Waals surface area (Å²) in [5.41, 5.74) is 4.72. The van der Waals surface area contributed by atoms with Crippen LogP contribution in [0.15, 0.2) is 101 Å². The van der Waals surface area contributed by atoms with Crippen LogP contribution in [0.4, 0.5) is 0 Å². The third-order valence-corrected chi connectivity index (χ3v) is 5.08. The van der Waals surface area contributed by atoms with Gasteiger partial charge in [-0.2, -0.15) is 0 Å². The van der Waals surface area contributed by atoms with E-state index in [0.717, 1.165) is 45.8 Å². The standard InChI is InChI=1S/C26H21N2O2/c1-27-17-23(19-10-5-3-6-11-19)29-25(27)21-14-9-15-22(16-21)26-28(2)18-24(30-26)20-12-7-4-8-13-20/h3-14,16-18H,1-2,15H2/q+1/b26-22+. The van der Waals surface area contributed by atoms with E-state index in [0.29, 0.717) is 6.23 Å². The minimum atomic E-state index is 0.688. The summed E-state index contributed by atoms with van der Waals surface area (Å²) in [6, 6.07) is 20.0. The molecule has 0 fully saturated rings. The molecule has 0 spiro atoms. The van der Waals surface area contributed by atoms with E-state index >= 15 is 0 Å². The van der Waals surface area contributed by atoms with Crippen LogP contribution in [-0.4, -0.2) is 11.3 Å². The highest BCUT2D eigenvalue weighted by Crippen LogP contribution is 2.34. The lowest BCUT2D eigenvalue weighted by molar-refractivity contribution is -0.520. The molecule has 2 aliphatic rings. The summed E-state index contributed by atoms with van der Waals surface area (Å²) in [6.07, 6.45) is 11.5. The van der Waals surface area contributed by atoms with Crippen LogP contribution in [0.5, 0.6) is 0 Å². The fourth-order valence-corrected chi connectivity index (χ4v) is 3.61. The molecule has 0 N–H and O–H groups in total. The van der Waals surface area contributed by atoms with Crippen molar-refractivity contribution >= 4 is 18.0 Å². The van der Waals surface area contributed by atoms with Crippen molar-refractivity contribution in [2.75, 3.05) is 0 Å². The molecule has 1 aliphatic heterocycles. The van der Waals surface area contributed by atoms with Crippen molar-refractivity contribution in [1.82, 2.24) is 0 Å². The third kappa shape index (κ3) is 3.29. The summed E-state index contributed by atoms with van der Waals surface area (Å²) in [4.78, 5) is 0. The molecule has 0 bridgehead atoms. The van der Waals surface area contributed by atoms with Gasteiger partial charge in [0, 0.05) is 16.7 Å². The van der Waals surface area contributed by atoms with Gasteiger partial charge in [-0.25, -0.2) is 4.58 Å². The first-order valence-electron chi connectivity index (χ1n) is 9.77. The second kappa shape index (κ2) is 7.41. The smallest absolute Gasteiger partial charge is 0.374 e. The molecule has 30 heavy (non-hydrogen) atoms. The van der Waals surface area contributed by atoms with Gasteiger partial charge in [0.15, 0.2) is 12.0 Å². The molecule has 2 heterocycles. The van der Waals surface area contributed by atoms with Crippen LogP contribution in [0.3, 0.4) is 0 Å². The van der Waals surface area contributed by atoms with Gasteiger partial charge in [0.05, 0.1) is 6.72 Å². The summed E-state index contributed by atoms with van der Waals surface area (Å²) >= 11 is 0. The maximum atomic E-state index is 6.16. The first-order valence-corrected chi connectivity index (χ1v) is 9.77. The minimum Gasteiger partial charge on any atom is -0.442 e. The number of ether oxygens (including phenoxy) is 1. The van der Waals surface area contributed by atoms with Gasteiger partial charge in [-0.3, -0.25) is 0 Å². The SMILES string of the molecule is C=[N+]1C=C(c2ccccc2)O[C-]1C1=C/C(=c2/oc(-c3ccccc3)c[n+]2=C)CC=C1. The molecule has 0 amide bonds. The Labute approximate surface area is 175 Å². The Morgan fingerprint density at radius 3 is 2.33 bits per heavy atom. The van der Waals surface area contributed by atoms with Gasteiger partial charge in [0.1, 0.15) is 6.72 Å². The molecule has 0 atom stereocenters. The van der Waals surface area contributed by atoms with Crippen LogP contribution in [0, 0.1) is 12.9 Å². The summed E-state index contributed by atoms with van der Waals surface area (Å²) in [5, 5.41) is 0. The topological polar surface area (TPSA) is 31.3 Å². The van der Waals surface area contributed by atoms with E-state index in [1.54, 1.807) is 8.82 Å². The monoisotopic (exact) mass is 393 g/mol. The highest BCUT2D eigenvalue weighted by Gasteiger charge is 2.29. The molecule has 0 saturated heterocycles. The Bertz CT molecular complexity index is 1310. The number of aromatic nitrogens is 1. The molecule has 3 aromatic rings. The molecular weight excluding hydrogens is 372 g/mol. The van der Waals surface area contributed by atoms with E-state index in [2.05, 4.69) is 25.6 Å². The summed E-state index contributed by atoms with van der Waals surface area (Å²) < 4.78 is 15.8. The molecule has 0 radical (unpaired) electrons. The Morgan fingerprint density at radius 1 is 0.900 bits per heavy atom. The van der Waals surface area contributed by atoms with E-state index in [-0.39, 0.29) is 0 Å². The van der Waals surface area contributed by atoms with E-state index in [9.17, 15) is 0 Å². The molecule has 2 aromatic carbocycles. The first-order chi connectivity index (χ1) is 14.7. The molecule has 4 nitrogen and oxygen atoms in total. The van der Waals surface area contributed by atoms with Crippen molar-refractivity contribution in [1.29, 1.82) is 0 Å². The van der Waals surface area contributed by atoms with Gasteiger partial charge in [-0.1, -0.05) is 66.7 Å². The lowest BCUT2D eigenvalue weighted by atomic mass is 10.0. The summed E-state index contributed by atoms with van der Waals surface area (Å²) in [7, 11) is 0. The average molecular weight is 393 g/mol. The molecule has 0 unspecified atom stereocenters. The largest absolute Gasteiger partial charge is 0.442 e. The Hall–Kier alpha value is -4.05. The zero-order valence-electron chi connectivity index (χ0n) is 16.5. The van der Waals surface area contributed by atoms with Crippen molar-refractivity contribution in [3.8, 4) is 11.3 Å². The second-order valence-electron chi connectivity index (χ2n) is 7.20. The van der Waals surface area contributed by atoms with Crippen molar-refractivity contribution in [2.45, 2.75) is 6.42 Å². The van der Waals surface area contributed by atoms with Gasteiger partial charge in [-0.15, -0.1) is 16.4 Å². The van der Waals surface area contributed by atoms with Gasteiger partial charge in [0.2, 0.25) is 12.0 Å². The van der Waals surface area contributed by atoms with Crippen molar-refractivity contribution in [3.05, 3.63) is 121 Å². The van der Waals surface area contributed by atoms with Crippen LogP contribution in [0.25, 0.3) is 22.7 Å². The zero-order valence-corrected chi connectivity index (χ0v) is 16.5. The van der Waals surface area contributed by atoms with Crippen molar-refractivity contribution in [2.24, 2.45) is 0 Å². The lowest BCUT2D eigenvalue weighted by Crippen LogP contribution is -2.32. The van der Waals surface area contributed by atoms with Crippen LogP contribution in [0.1, 0.15) is 12.0 Å². The summed E-state index contributed by atoms with van der Waals surface area (Å²) in [5.74, 6) is 1.56. The van der Waals surface area contributed by atoms with Crippen molar-refractivity contribution in [3.63, 3.8) is 0 Å². The van der Waals surface area contributed by atoms with Crippen LogP contribution in [0.2, 0.25) is 0 Å². The van der Waals surface area contributed by atoms with Gasteiger partial charge in [-0.05, 0) is 12.0 Å². The highest BCUT2D eigenvalue weighted by atomic mass is 16.5. The Kier molecular flexibility index (Phi) is 4.45. The fraction of sp³-hybridized carbons (Fsp3) is 0.0385. The number of oxazole rings is 1. The third-order valence-electron chi connectivity index (χ3n) is 5.08. The Morgan fingerprint density at radius 2 is 1.60 bits per heavy atom. The molecular formula is C26H21N2O2+. The number of rotatable bonds is 3. The number of hydrogen-bond donors (Lipinski definition) is 0. The molecule has 1 aromatic heterocycles.